The Kier molecular flexibility index (Phi) is 5.52. The highest BCUT2D eigenvalue weighted by Crippen LogP contribution is 2.27. The highest BCUT2D eigenvalue weighted by atomic mass is 32.2. The minimum Gasteiger partial charge on any atom is -0.467 e. The molecule has 0 bridgehead atoms. The fraction of sp³-hybridized carbons (Fsp3) is 0.316. The number of nitrogens with zero attached hydrogens (tertiary/aromatic N) is 6. The first-order valence-corrected chi connectivity index (χ1v) is 9.98. The van der Waals surface area contributed by atoms with Gasteiger partial charge in [0.1, 0.15) is 5.76 Å². The first-order chi connectivity index (χ1) is 13.7. The van der Waals surface area contributed by atoms with Crippen LogP contribution in [0.25, 0.3) is 11.4 Å². The van der Waals surface area contributed by atoms with Crippen LogP contribution in [0.2, 0.25) is 0 Å². The summed E-state index contributed by atoms with van der Waals surface area (Å²) in [5.41, 5.74) is 0.894. The van der Waals surface area contributed by atoms with Crippen LogP contribution in [0.5, 0.6) is 0 Å². The quantitative estimate of drug-likeness (QED) is 0.414. The SMILES string of the molecule is CC(C)Cc1noc(CSc2nnc(-c3cccnc3)n2Cc2ccco2)n1. The Morgan fingerprint density at radius 1 is 1.18 bits per heavy atom. The normalized spacial score (nSPS) is 11.4. The van der Waals surface area contributed by atoms with Crippen molar-refractivity contribution in [3.8, 4) is 11.4 Å². The van der Waals surface area contributed by atoms with Gasteiger partial charge >= 0.3 is 0 Å². The fourth-order valence-electron chi connectivity index (χ4n) is 2.73. The van der Waals surface area contributed by atoms with Crippen LogP contribution in [0.15, 0.2) is 57.0 Å². The maximum Gasteiger partial charge on any atom is 0.237 e. The van der Waals surface area contributed by atoms with E-state index in [4.69, 9.17) is 8.94 Å². The van der Waals surface area contributed by atoms with Crippen LogP contribution in [-0.4, -0.2) is 29.9 Å². The Balaban J connectivity index is 1.56. The molecule has 0 amide bonds. The monoisotopic (exact) mass is 396 g/mol. The van der Waals surface area contributed by atoms with Gasteiger partial charge in [-0.25, -0.2) is 0 Å². The number of rotatable bonds is 8. The number of furan rings is 1. The Morgan fingerprint density at radius 2 is 2.11 bits per heavy atom. The number of aromatic nitrogens is 6. The second-order valence-electron chi connectivity index (χ2n) is 6.70. The molecule has 0 aromatic carbocycles. The van der Waals surface area contributed by atoms with Gasteiger partial charge < -0.3 is 8.94 Å². The van der Waals surface area contributed by atoms with Gasteiger partial charge in [-0.15, -0.1) is 10.2 Å². The van der Waals surface area contributed by atoms with Crippen molar-refractivity contribution in [1.29, 1.82) is 0 Å². The van der Waals surface area contributed by atoms with Crippen LogP contribution < -0.4 is 0 Å². The van der Waals surface area contributed by atoms with E-state index in [1.807, 2.05) is 28.8 Å². The second-order valence-corrected chi connectivity index (χ2v) is 7.65. The molecule has 0 N–H and O–H groups in total. The highest BCUT2D eigenvalue weighted by Gasteiger charge is 2.17. The molecule has 9 heteroatoms. The first-order valence-electron chi connectivity index (χ1n) is 8.99. The first kappa shape index (κ1) is 18.4. The summed E-state index contributed by atoms with van der Waals surface area (Å²) in [6.07, 6.45) is 5.96. The summed E-state index contributed by atoms with van der Waals surface area (Å²) in [7, 11) is 0. The van der Waals surface area contributed by atoms with Crippen LogP contribution in [0.3, 0.4) is 0 Å². The van der Waals surface area contributed by atoms with Gasteiger partial charge in [-0.3, -0.25) is 9.55 Å². The molecule has 0 aliphatic heterocycles. The zero-order valence-electron chi connectivity index (χ0n) is 15.6. The van der Waals surface area contributed by atoms with E-state index >= 15 is 0 Å². The van der Waals surface area contributed by atoms with Gasteiger partial charge in [0, 0.05) is 24.4 Å². The summed E-state index contributed by atoms with van der Waals surface area (Å²) in [4.78, 5) is 8.63. The molecule has 4 aromatic heterocycles. The van der Waals surface area contributed by atoms with Crippen LogP contribution >= 0.6 is 11.8 Å². The maximum atomic E-state index is 5.51. The summed E-state index contributed by atoms with van der Waals surface area (Å²) >= 11 is 1.50. The maximum absolute atomic E-state index is 5.51. The van der Waals surface area contributed by atoms with Crippen molar-refractivity contribution in [3.63, 3.8) is 0 Å². The van der Waals surface area contributed by atoms with E-state index in [1.165, 1.54) is 11.8 Å². The van der Waals surface area contributed by atoms with Crippen molar-refractivity contribution in [3.05, 3.63) is 60.4 Å². The van der Waals surface area contributed by atoms with E-state index in [0.717, 1.165) is 34.5 Å². The number of pyridine rings is 1. The minimum absolute atomic E-state index is 0.483. The molecule has 4 aromatic rings. The average Bonchev–Trinajstić information content (AvgIpc) is 3.43. The molecule has 0 saturated heterocycles. The molecular weight excluding hydrogens is 376 g/mol. The topological polar surface area (TPSA) is 95.7 Å². The van der Waals surface area contributed by atoms with E-state index in [-0.39, 0.29) is 0 Å². The largest absolute Gasteiger partial charge is 0.467 e. The summed E-state index contributed by atoms with van der Waals surface area (Å²) in [5.74, 6) is 3.88. The van der Waals surface area contributed by atoms with Gasteiger partial charge in [-0.2, -0.15) is 4.98 Å². The lowest BCUT2D eigenvalue weighted by molar-refractivity contribution is 0.382. The summed E-state index contributed by atoms with van der Waals surface area (Å²) in [5, 5.41) is 13.5. The lowest BCUT2D eigenvalue weighted by atomic mass is 10.1. The van der Waals surface area contributed by atoms with Crippen molar-refractivity contribution in [2.45, 2.75) is 37.7 Å². The molecule has 0 aliphatic rings. The molecular formula is C19H20N6O2S. The Labute approximate surface area is 166 Å². The van der Waals surface area contributed by atoms with Crippen LogP contribution in [0, 0.1) is 5.92 Å². The van der Waals surface area contributed by atoms with E-state index < -0.39 is 0 Å². The van der Waals surface area contributed by atoms with Crippen LogP contribution in [0.4, 0.5) is 0 Å². The van der Waals surface area contributed by atoms with Crippen molar-refractivity contribution in [1.82, 2.24) is 29.9 Å². The molecule has 4 rings (SSSR count). The smallest absolute Gasteiger partial charge is 0.237 e. The van der Waals surface area contributed by atoms with Crippen molar-refractivity contribution >= 4 is 11.8 Å². The zero-order valence-corrected chi connectivity index (χ0v) is 16.5. The predicted molar refractivity (Wildman–Crippen MR) is 103 cm³/mol. The number of thioether (sulfide) groups is 1. The standard InChI is InChI=1S/C19H20N6O2S/c1-13(2)9-16-21-17(27-24-16)12-28-19-23-22-18(14-5-3-7-20-10-14)25(19)11-15-6-4-8-26-15/h3-8,10,13H,9,11-12H2,1-2H3. The average molecular weight is 396 g/mol. The molecule has 4 heterocycles. The minimum atomic E-state index is 0.483. The van der Waals surface area contributed by atoms with Gasteiger partial charge in [-0.05, 0) is 30.2 Å². The summed E-state index contributed by atoms with van der Waals surface area (Å²) in [6, 6.07) is 7.63. The third-order valence-electron chi connectivity index (χ3n) is 3.96. The second kappa shape index (κ2) is 8.39. The molecule has 0 aliphatic carbocycles. The highest BCUT2D eigenvalue weighted by molar-refractivity contribution is 7.98. The molecule has 8 nitrogen and oxygen atoms in total. The van der Waals surface area contributed by atoms with Gasteiger partial charge in [0.2, 0.25) is 5.89 Å². The van der Waals surface area contributed by atoms with E-state index in [9.17, 15) is 0 Å². The number of hydrogen-bond donors (Lipinski definition) is 0. The Bertz CT molecular complexity index is 1010. The van der Waals surface area contributed by atoms with Crippen molar-refractivity contribution < 1.29 is 8.94 Å². The van der Waals surface area contributed by atoms with Gasteiger partial charge in [0.15, 0.2) is 16.8 Å². The molecule has 0 saturated carbocycles. The molecule has 0 atom stereocenters. The van der Waals surface area contributed by atoms with Crippen LogP contribution in [0.1, 0.15) is 31.3 Å². The van der Waals surface area contributed by atoms with E-state index in [2.05, 4.69) is 39.2 Å². The fourth-order valence-corrected chi connectivity index (χ4v) is 3.50. The van der Waals surface area contributed by atoms with Crippen LogP contribution in [-0.2, 0) is 18.7 Å². The third kappa shape index (κ3) is 4.30. The van der Waals surface area contributed by atoms with E-state index in [1.54, 1.807) is 18.7 Å². The van der Waals surface area contributed by atoms with E-state index in [0.29, 0.717) is 24.1 Å². The lowest BCUT2D eigenvalue weighted by Gasteiger charge is -2.08. The molecule has 0 spiro atoms. The molecule has 0 fully saturated rings. The molecule has 28 heavy (non-hydrogen) atoms. The number of hydrogen-bond acceptors (Lipinski definition) is 8. The Hall–Kier alpha value is -2.94. The lowest BCUT2D eigenvalue weighted by Crippen LogP contribution is -2.03. The molecule has 144 valence electrons. The summed E-state index contributed by atoms with van der Waals surface area (Å²) in [6.45, 7) is 4.78. The van der Waals surface area contributed by atoms with Crippen molar-refractivity contribution in [2.24, 2.45) is 5.92 Å². The van der Waals surface area contributed by atoms with Gasteiger partial charge in [0.05, 0.1) is 18.6 Å². The summed E-state index contributed by atoms with van der Waals surface area (Å²) < 4.78 is 12.9. The third-order valence-corrected chi connectivity index (χ3v) is 4.91. The zero-order chi connectivity index (χ0) is 19.3. The predicted octanol–water partition coefficient (Wildman–Crippen LogP) is 3.86. The van der Waals surface area contributed by atoms with Crippen molar-refractivity contribution in [2.75, 3.05) is 0 Å². The Morgan fingerprint density at radius 3 is 2.86 bits per heavy atom. The van der Waals surface area contributed by atoms with Gasteiger partial charge in [0.25, 0.3) is 0 Å². The molecule has 0 radical (unpaired) electrons. The van der Waals surface area contributed by atoms with Gasteiger partial charge in [-0.1, -0.05) is 30.8 Å². The molecule has 0 unspecified atom stereocenters.